The van der Waals surface area contributed by atoms with Crippen molar-refractivity contribution in [2.45, 2.75) is 45.6 Å². The van der Waals surface area contributed by atoms with Gasteiger partial charge in [-0.1, -0.05) is 20.3 Å². The summed E-state index contributed by atoms with van der Waals surface area (Å²) in [4.78, 5) is 11.7. The first-order valence-electron chi connectivity index (χ1n) is 6.52. The molecule has 0 aromatic heterocycles. The summed E-state index contributed by atoms with van der Waals surface area (Å²) >= 11 is 0. The first-order chi connectivity index (χ1) is 8.03. The van der Waals surface area contributed by atoms with E-state index in [0.717, 1.165) is 19.4 Å². The van der Waals surface area contributed by atoms with Crippen molar-refractivity contribution < 1.29 is 9.53 Å². The lowest BCUT2D eigenvalue weighted by Crippen LogP contribution is -2.44. The normalized spacial score (nSPS) is 23.4. The Labute approximate surface area is 104 Å². The molecule has 100 valence electrons. The van der Waals surface area contributed by atoms with Gasteiger partial charge in [-0.15, -0.1) is 0 Å². The molecule has 0 saturated heterocycles. The second-order valence-electron chi connectivity index (χ2n) is 5.69. The summed E-state index contributed by atoms with van der Waals surface area (Å²) in [6, 6.07) is 0.357. The van der Waals surface area contributed by atoms with Gasteiger partial charge in [0.15, 0.2) is 0 Å². The van der Waals surface area contributed by atoms with Gasteiger partial charge in [-0.05, 0) is 24.7 Å². The molecule has 1 saturated carbocycles. The van der Waals surface area contributed by atoms with Crippen molar-refractivity contribution in [3.63, 3.8) is 0 Å². The van der Waals surface area contributed by atoms with Crippen molar-refractivity contribution in [3.05, 3.63) is 0 Å². The van der Waals surface area contributed by atoms with Gasteiger partial charge < -0.3 is 15.4 Å². The van der Waals surface area contributed by atoms with E-state index in [-0.39, 0.29) is 5.91 Å². The molecule has 1 fully saturated rings. The Bertz CT molecular complexity index is 242. The molecule has 0 aromatic rings. The van der Waals surface area contributed by atoms with E-state index in [9.17, 15) is 4.79 Å². The number of amides is 1. The SMILES string of the molecule is COCCNCC(=O)NC1CCCC(C)(C)C1. The fraction of sp³-hybridized carbons (Fsp3) is 0.923. The number of hydrogen-bond acceptors (Lipinski definition) is 3. The summed E-state index contributed by atoms with van der Waals surface area (Å²) in [5, 5.41) is 6.17. The van der Waals surface area contributed by atoms with E-state index in [2.05, 4.69) is 24.5 Å². The number of methoxy groups -OCH3 is 1. The number of carbonyl (C=O) groups excluding carboxylic acids is 1. The Morgan fingerprint density at radius 1 is 1.47 bits per heavy atom. The van der Waals surface area contributed by atoms with E-state index in [4.69, 9.17) is 4.74 Å². The van der Waals surface area contributed by atoms with Gasteiger partial charge in [-0.2, -0.15) is 0 Å². The van der Waals surface area contributed by atoms with Gasteiger partial charge >= 0.3 is 0 Å². The number of carbonyl (C=O) groups is 1. The molecule has 1 aliphatic carbocycles. The molecule has 1 aliphatic rings. The maximum atomic E-state index is 11.7. The van der Waals surface area contributed by atoms with Crippen molar-refractivity contribution in [3.8, 4) is 0 Å². The molecular formula is C13H26N2O2. The van der Waals surface area contributed by atoms with Gasteiger partial charge in [0.1, 0.15) is 0 Å². The van der Waals surface area contributed by atoms with Gasteiger partial charge in [-0.25, -0.2) is 0 Å². The molecule has 0 aliphatic heterocycles. The highest BCUT2D eigenvalue weighted by Crippen LogP contribution is 2.34. The molecule has 4 nitrogen and oxygen atoms in total. The van der Waals surface area contributed by atoms with Crippen LogP contribution in [0.5, 0.6) is 0 Å². The summed E-state index contributed by atoms with van der Waals surface area (Å²) in [6.45, 7) is 6.31. The molecule has 1 rings (SSSR count). The molecule has 1 amide bonds. The Hall–Kier alpha value is -0.610. The van der Waals surface area contributed by atoms with Crippen molar-refractivity contribution in [2.24, 2.45) is 5.41 Å². The van der Waals surface area contributed by atoms with Crippen LogP contribution in [-0.4, -0.2) is 38.8 Å². The van der Waals surface area contributed by atoms with Crippen LogP contribution in [0.1, 0.15) is 39.5 Å². The van der Waals surface area contributed by atoms with Gasteiger partial charge in [0.2, 0.25) is 5.91 Å². The van der Waals surface area contributed by atoms with Gasteiger partial charge in [0.25, 0.3) is 0 Å². The average Bonchev–Trinajstić information content (AvgIpc) is 2.23. The third-order valence-corrected chi connectivity index (χ3v) is 3.34. The molecule has 0 heterocycles. The zero-order valence-corrected chi connectivity index (χ0v) is 11.3. The van der Waals surface area contributed by atoms with Crippen molar-refractivity contribution >= 4 is 5.91 Å². The predicted molar refractivity (Wildman–Crippen MR) is 68.9 cm³/mol. The predicted octanol–water partition coefficient (Wildman–Crippen LogP) is 1.31. The fourth-order valence-electron chi connectivity index (χ4n) is 2.48. The Kier molecular flexibility index (Phi) is 5.92. The zero-order valence-electron chi connectivity index (χ0n) is 11.3. The fourth-order valence-corrected chi connectivity index (χ4v) is 2.48. The minimum Gasteiger partial charge on any atom is -0.383 e. The van der Waals surface area contributed by atoms with Crippen LogP contribution >= 0.6 is 0 Å². The Balaban J connectivity index is 2.17. The molecule has 1 atom stereocenters. The lowest BCUT2D eigenvalue weighted by atomic mass is 9.75. The van der Waals surface area contributed by atoms with Crippen molar-refractivity contribution in [2.75, 3.05) is 26.8 Å². The van der Waals surface area contributed by atoms with E-state index >= 15 is 0 Å². The molecule has 0 radical (unpaired) electrons. The summed E-state index contributed by atoms with van der Waals surface area (Å²) in [6.07, 6.45) is 4.70. The quantitative estimate of drug-likeness (QED) is 0.690. The van der Waals surface area contributed by atoms with Gasteiger partial charge in [-0.3, -0.25) is 4.79 Å². The van der Waals surface area contributed by atoms with Gasteiger partial charge in [0, 0.05) is 19.7 Å². The van der Waals surface area contributed by atoms with Crippen LogP contribution in [0.3, 0.4) is 0 Å². The van der Waals surface area contributed by atoms with E-state index in [1.165, 1.54) is 12.8 Å². The third kappa shape index (κ3) is 6.03. The topological polar surface area (TPSA) is 50.4 Å². The maximum Gasteiger partial charge on any atom is 0.234 e. The molecule has 0 bridgehead atoms. The summed E-state index contributed by atoms with van der Waals surface area (Å²) < 4.78 is 4.91. The van der Waals surface area contributed by atoms with Crippen LogP contribution in [0.4, 0.5) is 0 Å². The highest BCUT2D eigenvalue weighted by atomic mass is 16.5. The van der Waals surface area contributed by atoms with Crippen LogP contribution in [0, 0.1) is 5.41 Å². The summed E-state index contributed by atoms with van der Waals surface area (Å²) in [5.74, 6) is 0.101. The molecule has 0 spiro atoms. The molecule has 2 N–H and O–H groups in total. The highest BCUT2D eigenvalue weighted by Gasteiger charge is 2.28. The van der Waals surface area contributed by atoms with E-state index < -0.39 is 0 Å². The lowest BCUT2D eigenvalue weighted by molar-refractivity contribution is -0.121. The number of nitrogens with one attached hydrogen (secondary N) is 2. The summed E-state index contributed by atoms with van der Waals surface area (Å²) in [5.41, 5.74) is 0.375. The van der Waals surface area contributed by atoms with Crippen LogP contribution < -0.4 is 10.6 Å². The second kappa shape index (κ2) is 6.97. The monoisotopic (exact) mass is 242 g/mol. The molecule has 17 heavy (non-hydrogen) atoms. The van der Waals surface area contributed by atoms with Crippen LogP contribution in [-0.2, 0) is 9.53 Å². The Morgan fingerprint density at radius 3 is 2.88 bits per heavy atom. The second-order valence-corrected chi connectivity index (χ2v) is 5.69. The lowest BCUT2D eigenvalue weighted by Gasteiger charge is -2.35. The van der Waals surface area contributed by atoms with E-state index in [0.29, 0.717) is 24.6 Å². The molecule has 4 heteroatoms. The van der Waals surface area contributed by atoms with E-state index in [1.807, 2.05) is 0 Å². The number of ether oxygens (including phenoxy) is 1. The van der Waals surface area contributed by atoms with Crippen molar-refractivity contribution in [1.82, 2.24) is 10.6 Å². The standard InChI is InChI=1S/C13H26N2O2/c1-13(2)6-4-5-11(9-13)15-12(16)10-14-7-8-17-3/h11,14H,4-10H2,1-3H3,(H,15,16). The smallest absolute Gasteiger partial charge is 0.234 e. The zero-order chi connectivity index (χ0) is 12.7. The minimum atomic E-state index is 0.101. The minimum absolute atomic E-state index is 0.101. The molecular weight excluding hydrogens is 216 g/mol. The van der Waals surface area contributed by atoms with Crippen LogP contribution in [0.15, 0.2) is 0 Å². The van der Waals surface area contributed by atoms with Gasteiger partial charge in [0.05, 0.1) is 13.2 Å². The number of rotatable bonds is 6. The summed E-state index contributed by atoms with van der Waals surface area (Å²) in [7, 11) is 1.66. The first-order valence-corrected chi connectivity index (χ1v) is 6.52. The van der Waals surface area contributed by atoms with Crippen LogP contribution in [0.2, 0.25) is 0 Å². The van der Waals surface area contributed by atoms with Crippen molar-refractivity contribution in [1.29, 1.82) is 0 Å². The highest BCUT2D eigenvalue weighted by molar-refractivity contribution is 5.78. The maximum absolute atomic E-state index is 11.7. The molecule has 1 unspecified atom stereocenters. The van der Waals surface area contributed by atoms with Crippen LogP contribution in [0.25, 0.3) is 0 Å². The largest absolute Gasteiger partial charge is 0.383 e. The average molecular weight is 242 g/mol. The third-order valence-electron chi connectivity index (χ3n) is 3.34. The Morgan fingerprint density at radius 2 is 2.24 bits per heavy atom. The molecule has 0 aromatic carbocycles. The van der Waals surface area contributed by atoms with E-state index in [1.54, 1.807) is 7.11 Å². The number of hydrogen-bond donors (Lipinski definition) is 2. The first kappa shape index (κ1) is 14.5.